The number of aliphatic hydroxyl groups is 2. The summed E-state index contributed by atoms with van der Waals surface area (Å²) in [6.45, 7) is 4.95. The Bertz CT molecular complexity index is 1110. The molecule has 1 amide bonds. The molecule has 0 saturated heterocycles. The van der Waals surface area contributed by atoms with Crippen LogP contribution in [0.1, 0.15) is 386 Å². The van der Waals surface area contributed by atoms with Crippen LogP contribution in [0.3, 0.4) is 0 Å². The normalized spacial score (nSPS) is 12.5. The summed E-state index contributed by atoms with van der Waals surface area (Å²) < 4.78 is 5.50. The zero-order chi connectivity index (χ0) is 53.6. The van der Waals surface area contributed by atoms with Crippen molar-refractivity contribution in [3.05, 3.63) is 12.2 Å². The molecule has 0 aliphatic rings. The number of carbonyl (C=O) groups is 2. The quantitative estimate of drug-likeness (QED) is 0.0320. The molecule has 0 heterocycles. The molecule has 0 aromatic heterocycles. The summed E-state index contributed by atoms with van der Waals surface area (Å²) in [5, 5.41) is 23.2. The molecule has 74 heavy (non-hydrogen) atoms. The fourth-order valence-electron chi connectivity index (χ4n) is 10.9. The Hall–Kier alpha value is -1.40. The van der Waals surface area contributed by atoms with Crippen molar-refractivity contribution in [2.24, 2.45) is 0 Å². The van der Waals surface area contributed by atoms with Crippen molar-refractivity contribution in [2.45, 2.75) is 398 Å². The van der Waals surface area contributed by atoms with E-state index in [1.165, 1.54) is 321 Å². The minimum Gasteiger partial charge on any atom is -0.466 e. The van der Waals surface area contributed by atoms with Crippen LogP contribution < -0.4 is 5.32 Å². The van der Waals surface area contributed by atoms with Gasteiger partial charge in [-0.2, -0.15) is 0 Å². The molecule has 0 spiro atoms. The fraction of sp³-hybridized carbons (Fsp3) is 0.941. The van der Waals surface area contributed by atoms with Crippen molar-refractivity contribution in [1.82, 2.24) is 5.32 Å². The van der Waals surface area contributed by atoms with Gasteiger partial charge in [0.15, 0.2) is 0 Å². The molecule has 6 nitrogen and oxygen atoms in total. The number of allylic oxidation sites excluding steroid dienone is 1. The lowest BCUT2D eigenvalue weighted by Crippen LogP contribution is -2.45. The molecule has 2 unspecified atom stereocenters. The second-order valence-corrected chi connectivity index (χ2v) is 23.5. The van der Waals surface area contributed by atoms with Gasteiger partial charge < -0.3 is 20.3 Å². The fourth-order valence-corrected chi connectivity index (χ4v) is 10.9. The summed E-state index contributed by atoms with van der Waals surface area (Å²) in [6.07, 6.45) is 78.4. The van der Waals surface area contributed by atoms with E-state index in [0.717, 1.165) is 38.5 Å². The lowest BCUT2D eigenvalue weighted by Gasteiger charge is -2.20. The van der Waals surface area contributed by atoms with Crippen LogP contribution in [0.4, 0.5) is 0 Å². The first kappa shape index (κ1) is 72.6. The molecular weight excluding hydrogens is 911 g/mol. The molecule has 440 valence electrons. The molecule has 0 saturated carbocycles. The van der Waals surface area contributed by atoms with Crippen LogP contribution >= 0.6 is 0 Å². The molecule has 2 atom stereocenters. The lowest BCUT2D eigenvalue weighted by molar-refractivity contribution is -0.143. The SMILES string of the molecule is CCCCCCCCCCCCCCCCCCC/C=C/C(O)C(CO)NC(=O)CCCCCCCCCCCCCCCCCCCCCCCCOC(=O)CCCCCCCCCCCCCCCCCC. The van der Waals surface area contributed by atoms with Gasteiger partial charge in [-0.3, -0.25) is 9.59 Å². The van der Waals surface area contributed by atoms with Gasteiger partial charge >= 0.3 is 5.97 Å². The molecule has 3 N–H and O–H groups in total. The molecule has 0 bridgehead atoms. The Morgan fingerprint density at radius 2 is 0.622 bits per heavy atom. The van der Waals surface area contributed by atoms with Gasteiger partial charge in [0.1, 0.15) is 0 Å². The van der Waals surface area contributed by atoms with E-state index in [4.69, 9.17) is 4.74 Å². The molecule has 0 radical (unpaired) electrons. The third-order valence-corrected chi connectivity index (χ3v) is 16.1. The number of unbranched alkanes of at least 4 members (excludes halogenated alkanes) is 53. The van der Waals surface area contributed by atoms with Crippen molar-refractivity contribution < 1.29 is 24.5 Å². The first-order chi connectivity index (χ1) is 36.5. The monoisotopic (exact) mass is 1040 g/mol. The lowest BCUT2D eigenvalue weighted by atomic mass is 10.0. The number of hydrogen-bond donors (Lipinski definition) is 3. The van der Waals surface area contributed by atoms with Crippen molar-refractivity contribution >= 4 is 11.9 Å². The Balaban J connectivity index is 3.39. The van der Waals surface area contributed by atoms with Gasteiger partial charge in [0.2, 0.25) is 5.91 Å². The van der Waals surface area contributed by atoms with E-state index in [1.54, 1.807) is 6.08 Å². The molecule has 0 rings (SSSR count). The van der Waals surface area contributed by atoms with Gasteiger partial charge in [-0.15, -0.1) is 0 Å². The number of rotatable bonds is 64. The van der Waals surface area contributed by atoms with Crippen LogP contribution in [-0.2, 0) is 14.3 Å². The Kier molecular flexibility index (Phi) is 62.9. The highest BCUT2D eigenvalue weighted by Gasteiger charge is 2.18. The minimum atomic E-state index is -0.844. The third-order valence-electron chi connectivity index (χ3n) is 16.1. The highest BCUT2D eigenvalue weighted by Crippen LogP contribution is 2.19. The first-order valence-corrected chi connectivity index (χ1v) is 34.0. The zero-order valence-electron chi connectivity index (χ0n) is 50.4. The van der Waals surface area contributed by atoms with Gasteiger partial charge in [-0.05, 0) is 32.1 Å². The summed E-state index contributed by atoms with van der Waals surface area (Å²) >= 11 is 0. The summed E-state index contributed by atoms with van der Waals surface area (Å²) in [5.74, 6) is -0.0469. The predicted octanol–water partition coefficient (Wildman–Crippen LogP) is 21.6. The molecule has 0 aromatic rings. The van der Waals surface area contributed by atoms with E-state index in [1.807, 2.05) is 6.08 Å². The standard InChI is InChI=1S/C68H133NO5/c1-3-5-7-9-11-13-15-17-19-21-26-29-32-36-40-44-48-52-56-60-66(71)65(64-70)69-67(72)61-57-53-49-45-41-37-33-30-27-24-22-23-25-28-31-35-39-43-47-51-55-59-63-74-68(73)62-58-54-50-46-42-38-34-20-18-16-14-12-10-8-6-4-2/h56,60,65-66,70-71H,3-55,57-59,61-64H2,1-2H3,(H,69,72)/b60-56+. The zero-order valence-corrected chi connectivity index (χ0v) is 50.4. The first-order valence-electron chi connectivity index (χ1n) is 34.0. The largest absolute Gasteiger partial charge is 0.466 e. The number of esters is 1. The number of ether oxygens (including phenoxy) is 1. The van der Waals surface area contributed by atoms with Gasteiger partial charge in [0, 0.05) is 12.8 Å². The molecule has 0 aliphatic carbocycles. The highest BCUT2D eigenvalue weighted by atomic mass is 16.5. The second kappa shape index (κ2) is 64.1. The van der Waals surface area contributed by atoms with Crippen LogP contribution in [0.5, 0.6) is 0 Å². The topological polar surface area (TPSA) is 95.9 Å². The number of amides is 1. The maximum Gasteiger partial charge on any atom is 0.305 e. The van der Waals surface area contributed by atoms with Crippen molar-refractivity contribution in [1.29, 1.82) is 0 Å². The highest BCUT2D eigenvalue weighted by molar-refractivity contribution is 5.76. The Labute approximate surface area is 463 Å². The maximum absolute atomic E-state index is 12.5. The number of carbonyl (C=O) groups excluding carboxylic acids is 2. The molecule has 6 heteroatoms. The van der Waals surface area contributed by atoms with Gasteiger partial charge in [0.05, 0.1) is 25.4 Å². The Morgan fingerprint density at radius 3 is 0.919 bits per heavy atom. The van der Waals surface area contributed by atoms with E-state index < -0.39 is 12.1 Å². The van der Waals surface area contributed by atoms with E-state index in [2.05, 4.69) is 19.2 Å². The maximum atomic E-state index is 12.5. The van der Waals surface area contributed by atoms with Crippen LogP contribution in [0.15, 0.2) is 12.2 Å². The summed E-state index contributed by atoms with van der Waals surface area (Å²) in [7, 11) is 0. The molecule has 0 aromatic carbocycles. The van der Waals surface area contributed by atoms with Crippen molar-refractivity contribution in [3.8, 4) is 0 Å². The van der Waals surface area contributed by atoms with Gasteiger partial charge in [0.25, 0.3) is 0 Å². The van der Waals surface area contributed by atoms with E-state index >= 15 is 0 Å². The van der Waals surface area contributed by atoms with E-state index in [-0.39, 0.29) is 18.5 Å². The van der Waals surface area contributed by atoms with Crippen molar-refractivity contribution in [3.63, 3.8) is 0 Å². The van der Waals surface area contributed by atoms with E-state index in [9.17, 15) is 19.8 Å². The predicted molar refractivity (Wildman–Crippen MR) is 324 cm³/mol. The average Bonchev–Trinajstić information content (AvgIpc) is 3.40. The summed E-state index contributed by atoms with van der Waals surface area (Å²) in [6, 6.07) is -0.628. The van der Waals surface area contributed by atoms with Gasteiger partial charge in [-0.25, -0.2) is 0 Å². The molecule has 0 aliphatic heterocycles. The van der Waals surface area contributed by atoms with Gasteiger partial charge in [-0.1, -0.05) is 353 Å². The third kappa shape index (κ3) is 59.8. The number of nitrogens with one attached hydrogen (secondary N) is 1. The molecular formula is C68H133NO5. The second-order valence-electron chi connectivity index (χ2n) is 23.5. The Morgan fingerprint density at radius 1 is 0.365 bits per heavy atom. The average molecular weight is 1040 g/mol. The van der Waals surface area contributed by atoms with Crippen LogP contribution in [0.2, 0.25) is 0 Å². The molecule has 0 fully saturated rings. The van der Waals surface area contributed by atoms with Crippen LogP contribution in [0.25, 0.3) is 0 Å². The summed E-state index contributed by atoms with van der Waals surface area (Å²) in [5.41, 5.74) is 0. The number of hydrogen-bond acceptors (Lipinski definition) is 5. The van der Waals surface area contributed by atoms with Crippen LogP contribution in [0, 0.1) is 0 Å². The van der Waals surface area contributed by atoms with Crippen molar-refractivity contribution in [2.75, 3.05) is 13.2 Å². The minimum absolute atomic E-state index is 0.0172. The number of aliphatic hydroxyl groups excluding tert-OH is 2. The van der Waals surface area contributed by atoms with Crippen LogP contribution in [-0.4, -0.2) is 47.4 Å². The van der Waals surface area contributed by atoms with E-state index in [0.29, 0.717) is 19.4 Å². The smallest absolute Gasteiger partial charge is 0.305 e. The summed E-state index contributed by atoms with van der Waals surface area (Å²) in [4.78, 5) is 24.6.